The predicted octanol–water partition coefficient (Wildman–Crippen LogP) is 0.463. The van der Waals surface area contributed by atoms with Gasteiger partial charge in [0.1, 0.15) is 6.67 Å². The summed E-state index contributed by atoms with van der Waals surface area (Å²) in [5.41, 5.74) is 0. The standard InChI is InChI=1S/C8H16FNO2S/c1-7-5-10(4-3-9)6-8(2)13(7,11)12/h7-8H,3-6H2,1-2H3. The summed E-state index contributed by atoms with van der Waals surface area (Å²) in [4.78, 5) is 1.87. The topological polar surface area (TPSA) is 37.4 Å². The molecule has 0 radical (unpaired) electrons. The Hall–Kier alpha value is -0.160. The van der Waals surface area contributed by atoms with Crippen LogP contribution >= 0.6 is 0 Å². The van der Waals surface area contributed by atoms with Crippen molar-refractivity contribution in [2.75, 3.05) is 26.3 Å². The van der Waals surface area contributed by atoms with Crippen LogP contribution in [-0.4, -0.2) is 50.1 Å². The summed E-state index contributed by atoms with van der Waals surface area (Å²) in [7, 11) is -2.96. The molecule has 0 saturated carbocycles. The molecule has 1 fully saturated rings. The minimum absolute atomic E-state index is 0.351. The normalized spacial score (nSPS) is 34.7. The molecule has 2 unspecified atom stereocenters. The molecule has 0 aliphatic carbocycles. The van der Waals surface area contributed by atoms with Crippen molar-refractivity contribution < 1.29 is 12.8 Å². The molecule has 1 rings (SSSR count). The van der Waals surface area contributed by atoms with Crippen LogP contribution in [0, 0.1) is 0 Å². The van der Waals surface area contributed by atoms with Gasteiger partial charge in [0, 0.05) is 19.6 Å². The van der Waals surface area contributed by atoms with Crippen LogP contribution in [0.3, 0.4) is 0 Å². The highest BCUT2D eigenvalue weighted by molar-refractivity contribution is 7.92. The van der Waals surface area contributed by atoms with Crippen molar-refractivity contribution in [3.05, 3.63) is 0 Å². The molecule has 5 heteroatoms. The van der Waals surface area contributed by atoms with Crippen LogP contribution in [0.4, 0.5) is 4.39 Å². The van der Waals surface area contributed by atoms with Crippen LogP contribution in [0.25, 0.3) is 0 Å². The van der Waals surface area contributed by atoms with Gasteiger partial charge < -0.3 is 0 Å². The smallest absolute Gasteiger partial charge is 0.157 e. The second kappa shape index (κ2) is 3.92. The first-order valence-corrected chi connectivity index (χ1v) is 6.10. The van der Waals surface area contributed by atoms with Crippen LogP contribution in [-0.2, 0) is 9.84 Å². The lowest BCUT2D eigenvalue weighted by atomic mass is 10.3. The zero-order valence-corrected chi connectivity index (χ0v) is 8.85. The van der Waals surface area contributed by atoms with Crippen LogP contribution in [0.2, 0.25) is 0 Å². The van der Waals surface area contributed by atoms with E-state index in [4.69, 9.17) is 0 Å². The largest absolute Gasteiger partial charge is 0.298 e. The van der Waals surface area contributed by atoms with Crippen LogP contribution < -0.4 is 0 Å². The molecule has 1 aliphatic rings. The van der Waals surface area contributed by atoms with E-state index in [0.29, 0.717) is 19.6 Å². The van der Waals surface area contributed by atoms with Gasteiger partial charge in [0.05, 0.1) is 10.5 Å². The lowest BCUT2D eigenvalue weighted by Gasteiger charge is -2.34. The third-order valence-electron chi connectivity index (χ3n) is 2.55. The summed E-state index contributed by atoms with van der Waals surface area (Å²) in [6.07, 6.45) is 0. The molecule has 1 saturated heterocycles. The van der Waals surface area contributed by atoms with Gasteiger partial charge in [-0.15, -0.1) is 0 Å². The molecule has 1 heterocycles. The molecule has 0 aromatic carbocycles. The van der Waals surface area contributed by atoms with Crippen molar-refractivity contribution in [2.24, 2.45) is 0 Å². The number of nitrogens with zero attached hydrogens (tertiary/aromatic N) is 1. The van der Waals surface area contributed by atoms with E-state index < -0.39 is 16.5 Å². The molecule has 0 spiro atoms. The van der Waals surface area contributed by atoms with Gasteiger partial charge in [-0.2, -0.15) is 0 Å². The van der Waals surface area contributed by atoms with Crippen LogP contribution in [0.1, 0.15) is 13.8 Å². The molecule has 13 heavy (non-hydrogen) atoms. The first-order valence-electron chi connectivity index (χ1n) is 4.49. The van der Waals surface area contributed by atoms with Crippen molar-refractivity contribution in [2.45, 2.75) is 24.3 Å². The average molecular weight is 209 g/mol. The van der Waals surface area contributed by atoms with Crippen molar-refractivity contribution in [3.8, 4) is 0 Å². The fourth-order valence-corrected chi connectivity index (χ4v) is 3.34. The van der Waals surface area contributed by atoms with Crippen molar-refractivity contribution >= 4 is 9.84 Å². The summed E-state index contributed by atoms with van der Waals surface area (Å²) < 4.78 is 35.1. The molecule has 0 bridgehead atoms. The van der Waals surface area contributed by atoms with Gasteiger partial charge in [-0.1, -0.05) is 0 Å². The van der Waals surface area contributed by atoms with E-state index in [1.54, 1.807) is 13.8 Å². The molecule has 3 nitrogen and oxygen atoms in total. The summed E-state index contributed by atoms with van der Waals surface area (Å²) >= 11 is 0. The summed E-state index contributed by atoms with van der Waals surface area (Å²) in [6, 6.07) is 0. The lowest BCUT2D eigenvalue weighted by molar-refractivity contribution is 0.238. The summed E-state index contributed by atoms with van der Waals surface area (Å²) in [5.74, 6) is 0. The fourth-order valence-electron chi connectivity index (χ4n) is 1.71. The highest BCUT2D eigenvalue weighted by Crippen LogP contribution is 2.17. The monoisotopic (exact) mass is 209 g/mol. The molecular formula is C8H16FNO2S. The average Bonchev–Trinajstić information content (AvgIpc) is 2.02. The number of hydrogen-bond acceptors (Lipinski definition) is 3. The zero-order chi connectivity index (χ0) is 10.1. The minimum atomic E-state index is -2.96. The highest BCUT2D eigenvalue weighted by Gasteiger charge is 2.35. The van der Waals surface area contributed by atoms with Gasteiger partial charge >= 0.3 is 0 Å². The highest BCUT2D eigenvalue weighted by atomic mass is 32.2. The van der Waals surface area contributed by atoms with Gasteiger partial charge in [-0.3, -0.25) is 4.90 Å². The molecule has 0 aromatic rings. The Kier molecular flexibility index (Phi) is 3.29. The Balaban J connectivity index is 2.68. The maximum atomic E-state index is 12.0. The predicted molar refractivity (Wildman–Crippen MR) is 50.3 cm³/mol. The van der Waals surface area contributed by atoms with Gasteiger partial charge in [0.15, 0.2) is 9.84 Å². The van der Waals surface area contributed by atoms with E-state index in [1.807, 2.05) is 4.90 Å². The van der Waals surface area contributed by atoms with E-state index in [1.165, 1.54) is 0 Å². The molecule has 1 aliphatic heterocycles. The summed E-state index contributed by atoms with van der Waals surface area (Å²) in [5, 5.41) is -0.717. The maximum Gasteiger partial charge on any atom is 0.157 e. The second-order valence-corrected chi connectivity index (χ2v) is 6.45. The van der Waals surface area contributed by atoms with E-state index >= 15 is 0 Å². The second-order valence-electron chi connectivity index (χ2n) is 3.66. The number of halogens is 1. The first-order chi connectivity index (χ1) is 5.98. The quantitative estimate of drug-likeness (QED) is 0.663. The van der Waals surface area contributed by atoms with Crippen LogP contribution in [0.5, 0.6) is 0 Å². The molecule has 0 aromatic heterocycles. The third kappa shape index (κ3) is 2.20. The lowest BCUT2D eigenvalue weighted by Crippen LogP contribution is -2.50. The van der Waals surface area contributed by atoms with E-state index in [2.05, 4.69) is 0 Å². The number of hydrogen-bond donors (Lipinski definition) is 0. The Morgan fingerprint density at radius 3 is 2.15 bits per heavy atom. The van der Waals surface area contributed by atoms with E-state index in [0.717, 1.165) is 0 Å². The molecule has 2 atom stereocenters. The fraction of sp³-hybridized carbons (Fsp3) is 1.00. The number of rotatable bonds is 2. The Labute approximate surface area is 78.8 Å². The summed E-state index contributed by atoms with van der Waals surface area (Å²) in [6.45, 7) is 4.27. The minimum Gasteiger partial charge on any atom is -0.298 e. The van der Waals surface area contributed by atoms with Crippen molar-refractivity contribution in [1.82, 2.24) is 4.90 Å². The van der Waals surface area contributed by atoms with Gasteiger partial charge in [0.2, 0.25) is 0 Å². The zero-order valence-electron chi connectivity index (χ0n) is 8.03. The van der Waals surface area contributed by atoms with Gasteiger partial charge in [-0.25, -0.2) is 12.8 Å². The molecular weight excluding hydrogens is 193 g/mol. The van der Waals surface area contributed by atoms with Crippen molar-refractivity contribution in [3.63, 3.8) is 0 Å². The van der Waals surface area contributed by atoms with E-state index in [9.17, 15) is 12.8 Å². The third-order valence-corrected chi connectivity index (χ3v) is 5.09. The Morgan fingerprint density at radius 2 is 1.77 bits per heavy atom. The van der Waals surface area contributed by atoms with Gasteiger partial charge in [0.25, 0.3) is 0 Å². The molecule has 0 N–H and O–H groups in total. The Morgan fingerprint density at radius 1 is 1.31 bits per heavy atom. The first kappa shape index (κ1) is 10.9. The maximum absolute atomic E-state index is 12.0. The van der Waals surface area contributed by atoms with Crippen molar-refractivity contribution in [1.29, 1.82) is 0 Å². The number of sulfone groups is 1. The van der Waals surface area contributed by atoms with E-state index in [-0.39, 0.29) is 10.5 Å². The molecule has 78 valence electrons. The molecule has 0 amide bonds. The number of alkyl halides is 1. The van der Waals surface area contributed by atoms with Crippen LogP contribution in [0.15, 0.2) is 0 Å². The SMILES string of the molecule is CC1CN(CCF)CC(C)S1(=O)=O. The Bertz CT molecular complexity index is 247. The van der Waals surface area contributed by atoms with Gasteiger partial charge in [-0.05, 0) is 13.8 Å².